The quantitative estimate of drug-likeness (QED) is 0.183. The van der Waals surface area contributed by atoms with E-state index in [9.17, 15) is 0 Å². The van der Waals surface area contributed by atoms with Crippen molar-refractivity contribution in [2.24, 2.45) is 11.8 Å². The molecule has 0 spiro atoms. The van der Waals surface area contributed by atoms with Gasteiger partial charge in [0.2, 0.25) is 0 Å². The van der Waals surface area contributed by atoms with Crippen molar-refractivity contribution >= 4 is 0 Å². The van der Waals surface area contributed by atoms with Gasteiger partial charge in [-0.05, 0) is 24.7 Å². The molecule has 2 radical (unpaired) electrons. The molecule has 0 fully saturated rings. The van der Waals surface area contributed by atoms with Crippen molar-refractivity contribution in [2.75, 3.05) is 0 Å². The first-order valence-electron chi connectivity index (χ1n) is 11.3. The predicted octanol–water partition coefficient (Wildman–Crippen LogP) is 8.56. The highest BCUT2D eigenvalue weighted by atomic mass is 14.2. The molecule has 0 nitrogen and oxygen atoms in total. The molecule has 0 aromatic carbocycles. The molecule has 0 aromatic rings. The van der Waals surface area contributed by atoms with Crippen molar-refractivity contribution < 1.29 is 0 Å². The summed E-state index contributed by atoms with van der Waals surface area (Å²) in [6.07, 6.45) is 21.9. The van der Waals surface area contributed by atoms with E-state index >= 15 is 0 Å². The molecule has 0 N–H and O–H groups in total. The average molecular weight is 347 g/mol. The molecule has 2 atom stereocenters. The van der Waals surface area contributed by atoms with E-state index in [4.69, 9.17) is 0 Å². The fourth-order valence-corrected chi connectivity index (χ4v) is 3.52. The van der Waals surface area contributed by atoms with Gasteiger partial charge in [0, 0.05) is 12.8 Å². The van der Waals surface area contributed by atoms with Gasteiger partial charge in [0.25, 0.3) is 0 Å². The Bertz CT molecular complexity index is 306. The smallest absolute Gasteiger partial charge is 0.00886 e. The Morgan fingerprint density at radius 1 is 0.640 bits per heavy atom. The van der Waals surface area contributed by atoms with E-state index < -0.39 is 0 Å². The maximum atomic E-state index is 3.95. The molecule has 0 saturated carbocycles. The summed E-state index contributed by atoms with van der Waals surface area (Å²) in [7, 11) is 0. The molecule has 0 aliphatic carbocycles. The maximum absolute atomic E-state index is 3.95. The number of hydrogen-bond donors (Lipinski definition) is 0. The van der Waals surface area contributed by atoms with Crippen molar-refractivity contribution in [1.82, 2.24) is 0 Å². The van der Waals surface area contributed by atoms with Gasteiger partial charge in [0.15, 0.2) is 0 Å². The van der Waals surface area contributed by atoms with Crippen LogP contribution in [0.5, 0.6) is 0 Å². The Morgan fingerprint density at radius 2 is 1.08 bits per heavy atom. The lowest BCUT2D eigenvalue weighted by atomic mass is 9.83. The number of unbranched alkanes of at least 4 members (excludes halogenated alkanes) is 11. The van der Waals surface area contributed by atoms with Crippen LogP contribution < -0.4 is 0 Å². The van der Waals surface area contributed by atoms with Gasteiger partial charge in [-0.25, -0.2) is 0 Å². The van der Waals surface area contributed by atoms with Crippen LogP contribution >= 0.6 is 0 Å². The van der Waals surface area contributed by atoms with E-state index in [1.807, 2.05) is 0 Å². The van der Waals surface area contributed by atoms with Crippen LogP contribution in [-0.2, 0) is 0 Å². The summed E-state index contributed by atoms with van der Waals surface area (Å²) in [5.74, 6) is 8.59. The van der Waals surface area contributed by atoms with Crippen molar-refractivity contribution in [3.05, 3.63) is 13.8 Å². The van der Waals surface area contributed by atoms with E-state index in [1.54, 1.807) is 0 Å². The lowest BCUT2D eigenvalue weighted by Gasteiger charge is -2.23. The molecule has 0 aliphatic rings. The molecule has 0 saturated heterocycles. The maximum Gasteiger partial charge on any atom is 0.00886 e. The van der Waals surface area contributed by atoms with E-state index in [-0.39, 0.29) is 0 Å². The highest BCUT2D eigenvalue weighted by molar-refractivity contribution is 4.98. The summed E-state index contributed by atoms with van der Waals surface area (Å²) >= 11 is 0. The first-order valence-corrected chi connectivity index (χ1v) is 11.3. The number of rotatable bonds is 17. The minimum Gasteiger partial charge on any atom is -0.103 e. The van der Waals surface area contributed by atoms with Crippen molar-refractivity contribution in [3.63, 3.8) is 0 Å². The van der Waals surface area contributed by atoms with E-state index in [0.717, 1.165) is 37.5 Å². The third-order valence-electron chi connectivity index (χ3n) is 5.58. The summed E-state index contributed by atoms with van der Waals surface area (Å²) < 4.78 is 0. The molecule has 0 heteroatoms. The molecule has 0 heterocycles. The molecule has 0 bridgehead atoms. The Balaban J connectivity index is 3.65. The van der Waals surface area contributed by atoms with Gasteiger partial charge in [0.1, 0.15) is 0 Å². The fourth-order valence-electron chi connectivity index (χ4n) is 3.52. The van der Waals surface area contributed by atoms with Crippen LogP contribution in [0.1, 0.15) is 123 Å². The zero-order valence-corrected chi connectivity index (χ0v) is 17.6. The molecule has 0 aliphatic heterocycles. The first kappa shape index (κ1) is 24.6. The third kappa shape index (κ3) is 16.8. The molecule has 146 valence electrons. The van der Waals surface area contributed by atoms with Crippen LogP contribution in [0.15, 0.2) is 0 Å². The van der Waals surface area contributed by atoms with E-state index in [0.29, 0.717) is 0 Å². The lowest BCUT2D eigenvalue weighted by Crippen LogP contribution is -2.11. The van der Waals surface area contributed by atoms with E-state index in [2.05, 4.69) is 39.5 Å². The van der Waals surface area contributed by atoms with Crippen LogP contribution in [0.2, 0.25) is 0 Å². The van der Waals surface area contributed by atoms with Crippen LogP contribution in [-0.4, -0.2) is 0 Å². The zero-order valence-electron chi connectivity index (χ0n) is 17.6. The SMILES string of the molecule is [CH2]CCCCCCCC#CCCCCC(CCCCC[CH2])C(C)CC. The summed E-state index contributed by atoms with van der Waals surface area (Å²) in [6.45, 7) is 12.6. The van der Waals surface area contributed by atoms with Crippen molar-refractivity contribution in [3.8, 4) is 11.8 Å². The third-order valence-corrected chi connectivity index (χ3v) is 5.58. The Hall–Kier alpha value is -0.440. The fraction of sp³-hybridized carbons (Fsp3) is 0.840. The molecule has 0 aromatic heterocycles. The van der Waals surface area contributed by atoms with Gasteiger partial charge in [-0.3, -0.25) is 0 Å². The largest absolute Gasteiger partial charge is 0.103 e. The highest BCUT2D eigenvalue weighted by Gasteiger charge is 2.14. The minimum atomic E-state index is 0.884. The first-order chi connectivity index (χ1) is 12.3. The molecule has 0 amide bonds. The molecule has 25 heavy (non-hydrogen) atoms. The molecule has 2 unspecified atom stereocenters. The monoisotopic (exact) mass is 346 g/mol. The second-order valence-electron chi connectivity index (χ2n) is 7.82. The Kier molecular flexibility index (Phi) is 19.5. The van der Waals surface area contributed by atoms with Gasteiger partial charge in [-0.2, -0.15) is 0 Å². The molecular weight excluding hydrogens is 300 g/mol. The summed E-state index contributed by atoms with van der Waals surface area (Å²) in [6, 6.07) is 0. The minimum absolute atomic E-state index is 0.884. The van der Waals surface area contributed by atoms with Gasteiger partial charge < -0.3 is 0 Å². The predicted molar refractivity (Wildman–Crippen MR) is 115 cm³/mol. The summed E-state index contributed by atoms with van der Waals surface area (Å²) in [5.41, 5.74) is 0. The van der Waals surface area contributed by atoms with Crippen LogP contribution in [0.3, 0.4) is 0 Å². The van der Waals surface area contributed by atoms with Crippen molar-refractivity contribution in [2.45, 2.75) is 123 Å². The highest BCUT2D eigenvalue weighted by Crippen LogP contribution is 2.27. The van der Waals surface area contributed by atoms with E-state index in [1.165, 1.54) is 83.5 Å². The summed E-state index contributed by atoms with van der Waals surface area (Å²) in [5, 5.41) is 0. The van der Waals surface area contributed by atoms with Crippen LogP contribution in [0, 0.1) is 37.5 Å². The van der Waals surface area contributed by atoms with Gasteiger partial charge in [0.05, 0.1) is 0 Å². The standard InChI is InChI=1S/C25H46/c1-5-8-10-12-13-14-15-16-17-18-19-21-23-25(24(4)7-3)22-20-11-9-6-2/h24-25H,1-2,5-15,18-23H2,3-4H3. The number of hydrogen-bond acceptors (Lipinski definition) is 0. The zero-order chi connectivity index (χ0) is 18.6. The lowest BCUT2D eigenvalue weighted by molar-refractivity contribution is 0.290. The van der Waals surface area contributed by atoms with Gasteiger partial charge in [-0.1, -0.05) is 111 Å². The van der Waals surface area contributed by atoms with Gasteiger partial charge in [-0.15, -0.1) is 11.8 Å². The Morgan fingerprint density at radius 3 is 1.64 bits per heavy atom. The molecular formula is C25H46. The normalized spacial score (nSPS) is 13.3. The second-order valence-corrected chi connectivity index (χ2v) is 7.82. The van der Waals surface area contributed by atoms with Crippen LogP contribution in [0.25, 0.3) is 0 Å². The Labute approximate surface area is 160 Å². The topological polar surface area (TPSA) is 0 Å². The van der Waals surface area contributed by atoms with Crippen LogP contribution in [0.4, 0.5) is 0 Å². The molecule has 0 rings (SSSR count). The van der Waals surface area contributed by atoms with Gasteiger partial charge >= 0.3 is 0 Å². The average Bonchev–Trinajstić information content (AvgIpc) is 2.63. The second kappa shape index (κ2) is 19.9. The summed E-state index contributed by atoms with van der Waals surface area (Å²) in [4.78, 5) is 0. The van der Waals surface area contributed by atoms with Crippen molar-refractivity contribution in [1.29, 1.82) is 0 Å².